The summed E-state index contributed by atoms with van der Waals surface area (Å²) in [7, 11) is 0. The van der Waals surface area contributed by atoms with Gasteiger partial charge in [-0.15, -0.1) is 0 Å². The molecule has 0 saturated carbocycles. The SMILES string of the molecule is CCC(c1cc2c(cc1C(C)C)N(C1=C=C=C(C(C)(C)C)C=C1)c1cc(C(C)(C)I)cc3c1B2c1c(oc2cc4c(cc12)C(C)(C)CCC4(C)C)N3c1ccc2c(c1)C(C)(C)CCC2(C)C)C(C)C. The van der Waals surface area contributed by atoms with Gasteiger partial charge in [0.1, 0.15) is 5.58 Å². The van der Waals surface area contributed by atoms with Gasteiger partial charge in [-0.1, -0.05) is 151 Å². The number of fused-ring (bicyclic) bond motifs is 8. The van der Waals surface area contributed by atoms with Gasteiger partial charge in [-0.05, 0) is 201 Å². The first kappa shape index (κ1) is 48.5. The van der Waals surface area contributed by atoms with Crippen LogP contribution in [0.5, 0.6) is 0 Å². The Labute approximate surface area is 430 Å². The Morgan fingerprint density at radius 3 is 1.77 bits per heavy atom. The third kappa shape index (κ3) is 7.64. The molecule has 0 spiro atoms. The van der Waals surface area contributed by atoms with Crippen LogP contribution in [0, 0.1) is 11.3 Å². The highest BCUT2D eigenvalue weighted by atomic mass is 127. The zero-order chi connectivity index (χ0) is 49.9. The van der Waals surface area contributed by atoms with Crippen LogP contribution in [0.25, 0.3) is 11.0 Å². The van der Waals surface area contributed by atoms with Crippen molar-refractivity contribution in [2.24, 2.45) is 11.3 Å². The van der Waals surface area contributed by atoms with Crippen molar-refractivity contribution < 1.29 is 4.42 Å². The lowest BCUT2D eigenvalue weighted by Crippen LogP contribution is -2.61. The van der Waals surface area contributed by atoms with Crippen molar-refractivity contribution in [3.05, 3.63) is 128 Å². The van der Waals surface area contributed by atoms with Crippen molar-refractivity contribution in [2.75, 3.05) is 9.80 Å². The first-order chi connectivity index (χ1) is 32.1. The molecule has 3 heterocycles. The van der Waals surface area contributed by atoms with E-state index in [2.05, 4.69) is 235 Å². The van der Waals surface area contributed by atoms with E-state index in [0.717, 1.165) is 42.8 Å². The summed E-state index contributed by atoms with van der Waals surface area (Å²) in [6, 6.07) is 22.8. The van der Waals surface area contributed by atoms with Crippen molar-refractivity contribution in [3.8, 4) is 0 Å². The van der Waals surface area contributed by atoms with Gasteiger partial charge in [0.25, 0.3) is 6.71 Å². The van der Waals surface area contributed by atoms with Crippen molar-refractivity contribution >= 4 is 85.3 Å². The fourth-order valence-electron chi connectivity index (χ4n) is 13.0. The highest BCUT2D eigenvalue weighted by Crippen LogP contribution is 2.54. The molecule has 1 aromatic heterocycles. The van der Waals surface area contributed by atoms with Crippen molar-refractivity contribution in [2.45, 2.75) is 194 Å². The van der Waals surface area contributed by atoms with E-state index >= 15 is 0 Å². The molecule has 360 valence electrons. The number of benzene rings is 4. The predicted molar refractivity (Wildman–Crippen MR) is 306 cm³/mol. The molecule has 10 rings (SSSR count). The lowest BCUT2D eigenvalue weighted by atomic mass is 9.33. The lowest BCUT2D eigenvalue weighted by Gasteiger charge is -2.45. The summed E-state index contributed by atoms with van der Waals surface area (Å²) in [5.41, 5.74) is 29.7. The Balaban J connectivity index is 1.40. The second kappa shape index (κ2) is 15.9. The number of anilines is 5. The highest BCUT2D eigenvalue weighted by Gasteiger charge is 2.49. The number of hydrogen-bond acceptors (Lipinski definition) is 3. The maximum absolute atomic E-state index is 7.67. The van der Waals surface area contributed by atoms with Crippen LogP contribution in [0.3, 0.4) is 0 Å². The van der Waals surface area contributed by atoms with Gasteiger partial charge in [0, 0.05) is 42.6 Å². The molecule has 0 radical (unpaired) electrons. The molecule has 4 aromatic carbocycles. The van der Waals surface area contributed by atoms with Gasteiger partial charge in [0.2, 0.25) is 5.88 Å². The number of alkyl halides is 1. The van der Waals surface area contributed by atoms with Crippen LogP contribution in [-0.4, -0.2) is 6.71 Å². The third-order valence-electron chi connectivity index (χ3n) is 17.7. The summed E-state index contributed by atoms with van der Waals surface area (Å²) in [5, 5.41) is 1.25. The number of nitrogens with zero attached hydrogens (tertiary/aromatic N) is 2. The minimum absolute atomic E-state index is 0.0373. The quantitative estimate of drug-likeness (QED) is 0.0688. The van der Waals surface area contributed by atoms with Crippen LogP contribution in [0.1, 0.15) is 208 Å². The van der Waals surface area contributed by atoms with E-state index in [4.69, 9.17) is 4.42 Å². The highest BCUT2D eigenvalue weighted by molar-refractivity contribution is 14.1. The van der Waals surface area contributed by atoms with Gasteiger partial charge in [-0.25, -0.2) is 0 Å². The second-order valence-corrected chi connectivity index (χ2v) is 29.3. The van der Waals surface area contributed by atoms with E-state index in [-0.39, 0.29) is 37.2 Å². The topological polar surface area (TPSA) is 19.6 Å². The molecule has 2 aliphatic heterocycles. The molecule has 3 aliphatic carbocycles. The summed E-state index contributed by atoms with van der Waals surface area (Å²) in [6.45, 7) is 43.0. The molecular weight excluding hydrogens is 950 g/mol. The van der Waals surface area contributed by atoms with Gasteiger partial charge in [-0.2, -0.15) is 0 Å². The second-order valence-electron chi connectivity index (χ2n) is 26.6. The van der Waals surface area contributed by atoms with Gasteiger partial charge in [0.15, 0.2) is 0 Å². The van der Waals surface area contributed by atoms with Gasteiger partial charge in [0.05, 0.1) is 5.70 Å². The van der Waals surface area contributed by atoms with E-state index < -0.39 is 0 Å². The van der Waals surface area contributed by atoms with Gasteiger partial charge in [-0.3, -0.25) is 4.90 Å². The minimum atomic E-state index is -0.173. The molecule has 0 saturated heterocycles. The number of halogens is 1. The number of hydrogen-bond donors (Lipinski definition) is 0. The van der Waals surface area contributed by atoms with Crippen LogP contribution >= 0.6 is 22.6 Å². The third-order valence-corrected chi connectivity index (χ3v) is 18.3. The van der Waals surface area contributed by atoms with Gasteiger partial charge < -0.3 is 9.32 Å². The molecular formula is C64H78BIN2O. The molecule has 5 heteroatoms. The average molecular weight is 1030 g/mol. The predicted octanol–water partition coefficient (Wildman–Crippen LogP) is 17.0. The zero-order valence-electron chi connectivity index (χ0n) is 45.4. The first-order valence-corrected chi connectivity index (χ1v) is 27.5. The molecule has 1 unspecified atom stereocenters. The van der Waals surface area contributed by atoms with E-state index in [0.29, 0.717) is 17.8 Å². The molecule has 0 amide bonds. The first-order valence-electron chi connectivity index (χ1n) is 26.4. The van der Waals surface area contributed by atoms with E-state index in [1.807, 2.05) is 0 Å². The molecule has 0 N–H and O–H groups in total. The summed E-state index contributed by atoms with van der Waals surface area (Å²) < 4.78 is 7.50. The fraction of sp³-hybridized carbons (Fsp3) is 0.500. The maximum Gasteiger partial charge on any atom is 0.257 e. The monoisotopic (exact) mass is 1030 g/mol. The summed E-state index contributed by atoms with van der Waals surface area (Å²) >= 11 is 2.67. The largest absolute Gasteiger partial charge is 0.440 e. The number of allylic oxidation sites excluding steroid dienone is 3. The fourth-order valence-corrected chi connectivity index (χ4v) is 13.4. The van der Waals surface area contributed by atoms with E-state index in [1.54, 1.807) is 0 Å². The van der Waals surface area contributed by atoms with Crippen molar-refractivity contribution in [1.82, 2.24) is 0 Å². The van der Waals surface area contributed by atoms with Gasteiger partial charge >= 0.3 is 0 Å². The molecule has 0 fully saturated rings. The Bertz CT molecular complexity index is 3120. The van der Waals surface area contributed by atoms with Crippen molar-refractivity contribution in [1.29, 1.82) is 0 Å². The van der Waals surface area contributed by atoms with E-state index in [9.17, 15) is 0 Å². The maximum atomic E-state index is 7.67. The standard InChI is InChI=1S/C64H78BIN2O/c1-19-43(37(2)3)45-34-51-52(35-44(45)38(4)5)67(41-22-20-39(21-23-41)59(6,7)8)53-30-40(64(17,18)66)31-54-57(53)65(51)56-46-33-49-50(63(15,16)29-28-62(49,13)14)36-55(46)69-58(56)68(54)42-24-25-47-48(32-42)61(11,12)27-26-60(47,9)10/h20,22,24-25,30-38,43H,19,26-29H2,1-18H3. The summed E-state index contributed by atoms with van der Waals surface area (Å²) in [4.78, 5) is 5.13. The Kier molecular flexibility index (Phi) is 11.2. The van der Waals surface area contributed by atoms with Crippen LogP contribution < -0.4 is 26.2 Å². The molecule has 3 nitrogen and oxygen atoms in total. The molecule has 1 atom stereocenters. The zero-order valence-corrected chi connectivity index (χ0v) is 47.5. The molecule has 69 heavy (non-hydrogen) atoms. The summed E-state index contributed by atoms with van der Waals surface area (Å²) in [6.07, 6.45) is 10.3. The Morgan fingerprint density at radius 2 is 1.23 bits per heavy atom. The van der Waals surface area contributed by atoms with Crippen LogP contribution in [0.15, 0.2) is 93.9 Å². The normalized spacial score (nSPS) is 19.8. The molecule has 5 aliphatic rings. The Hall–Kier alpha value is -4.15. The molecule has 5 aromatic rings. The van der Waals surface area contributed by atoms with Crippen molar-refractivity contribution in [3.63, 3.8) is 0 Å². The molecule has 0 bridgehead atoms. The summed E-state index contributed by atoms with van der Waals surface area (Å²) in [5.74, 6) is 2.23. The van der Waals surface area contributed by atoms with Crippen LogP contribution in [0.2, 0.25) is 0 Å². The van der Waals surface area contributed by atoms with E-state index in [1.165, 1.54) is 95.5 Å². The average Bonchev–Trinajstić information content (AvgIpc) is 3.63. The number of rotatable bonds is 7. The van der Waals surface area contributed by atoms with Crippen LogP contribution in [0.4, 0.5) is 28.6 Å². The van der Waals surface area contributed by atoms with Crippen LogP contribution in [-0.2, 0) is 25.1 Å². The Morgan fingerprint density at radius 1 is 0.652 bits per heavy atom. The smallest absolute Gasteiger partial charge is 0.257 e. The lowest BCUT2D eigenvalue weighted by molar-refractivity contribution is 0.332. The minimum Gasteiger partial charge on any atom is -0.440 e. The number of furan rings is 1.